The number of piperazine rings is 1. The van der Waals surface area contributed by atoms with Crippen molar-refractivity contribution in [3.8, 4) is 11.5 Å². The molecule has 0 radical (unpaired) electrons. The van der Waals surface area contributed by atoms with Crippen LogP contribution in [0.5, 0.6) is 11.5 Å². The molecule has 6 nitrogen and oxygen atoms in total. The Morgan fingerprint density at radius 1 is 0.967 bits per heavy atom. The molecule has 1 atom stereocenters. The highest BCUT2D eigenvalue weighted by atomic mass is 16.5. The van der Waals surface area contributed by atoms with E-state index >= 15 is 0 Å². The number of nitrogens with zero attached hydrogens (tertiary/aromatic N) is 2. The van der Waals surface area contributed by atoms with Gasteiger partial charge >= 0.3 is 0 Å². The molecule has 3 rings (SSSR count). The maximum atomic E-state index is 13.7. The molecule has 1 heterocycles. The van der Waals surface area contributed by atoms with Gasteiger partial charge in [0.25, 0.3) is 5.91 Å². The minimum Gasteiger partial charge on any atom is -0.493 e. The molecule has 1 aliphatic heterocycles. The zero-order valence-corrected chi connectivity index (χ0v) is 19.0. The highest BCUT2D eigenvalue weighted by molar-refractivity contribution is 5.96. The van der Waals surface area contributed by atoms with Gasteiger partial charge in [0.05, 0.1) is 13.2 Å². The molecular weight excluding hydrogens is 380 g/mol. The Hall–Kier alpha value is -2.24. The second kappa shape index (κ2) is 9.71. The molecule has 1 aromatic carbocycles. The van der Waals surface area contributed by atoms with Crippen LogP contribution < -0.4 is 9.47 Å². The van der Waals surface area contributed by atoms with Crippen LogP contribution in [-0.2, 0) is 9.59 Å². The van der Waals surface area contributed by atoms with E-state index in [1.54, 1.807) is 12.0 Å². The lowest BCUT2D eigenvalue weighted by atomic mass is 9.96. The molecule has 1 saturated heterocycles. The standard InChI is InChI=1S/C24H36N2O4/c1-16(2)26-22(27)15-25(19-10-8-6-7-9-11-19)24(28)23(26)18-12-13-20(30-17(3)4)21(14-18)29-5/h12-14,16-17,19,23H,6-11,15H2,1-5H3/t23-/m0/s1. The fourth-order valence-corrected chi connectivity index (χ4v) is 4.70. The van der Waals surface area contributed by atoms with Crippen molar-refractivity contribution in [3.05, 3.63) is 23.8 Å². The number of rotatable bonds is 6. The molecule has 0 spiro atoms. The van der Waals surface area contributed by atoms with Gasteiger partial charge < -0.3 is 19.3 Å². The van der Waals surface area contributed by atoms with Crippen molar-refractivity contribution in [2.75, 3.05) is 13.7 Å². The number of hydrogen-bond donors (Lipinski definition) is 0. The molecule has 30 heavy (non-hydrogen) atoms. The summed E-state index contributed by atoms with van der Waals surface area (Å²) in [6.07, 6.45) is 6.65. The molecule has 2 aliphatic rings. The summed E-state index contributed by atoms with van der Waals surface area (Å²) in [5.74, 6) is 1.26. The highest BCUT2D eigenvalue weighted by Crippen LogP contribution is 2.37. The van der Waals surface area contributed by atoms with E-state index in [-0.39, 0.29) is 36.5 Å². The summed E-state index contributed by atoms with van der Waals surface area (Å²) < 4.78 is 11.4. The van der Waals surface area contributed by atoms with Crippen LogP contribution in [0, 0.1) is 0 Å². The summed E-state index contributed by atoms with van der Waals surface area (Å²) in [6.45, 7) is 8.04. The maximum absolute atomic E-state index is 13.7. The first-order chi connectivity index (χ1) is 14.3. The maximum Gasteiger partial charge on any atom is 0.250 e. The van der Waals surface area contributed by atoms with Crippen molar-refractivity contribution in [2.45, 2.75) is 90.4 Å². The smallest absolute Gasteiger partial charge is 0.250 e. The molecule has 0 N–H and O–H groups in total. The molecule has 6 heteroatoms. The van der Waals surface area contributed by atoms with Crippen LogP contribution in [-0.4, -0.2) is 53.5 Å². The Labute approximate surface area is 180 Å². The Balaban J connectivity index is 1.97. The third-order valence-corrected chi connectivity index (χ3v) is 6.08. The average Bonchev–Trinajstić information content (AvgIpc) is 2.98. The van der Waals surface area contributed by atoms with Crippen LogP contribution >= 0.6 is 0 Å². The molecule has 0 aromatic heterocycles. The van der Waals surface area contributed by atoms with E-state index in [0.717, 1.165) is 31.2 Å². The van der Waals surface area contributed by atoms with Gasteiger partial charge in [-0.15, -0.1) is 0 Å². The lowest BCUT2D eigenvalue weighted by molar-refractivity contribution is -0.160. The minimum absolute atomic E-state index is 0.0142. The molecule has 0 bridgehead atoms. The van der Waals surface area contributed by atoms with Gasteiger partial charge in [0.2, 0.25) is 5.91 Å². The monoisotopic (exact) mass is 416 g/mol. The third kappa shape index (κ3) is 4.73. The first-order valence-corrected chi connectivity index (χ1v) is 11.3. The molecule has 166 valence electrons. The molecule has 2 fully saturated rings. The molecular formula is C24H36N2O4. The van der Waals surface area contributed by atoms with E-state index in [0.29, 0.717) is 11.5 Å². The van der Waals surface area contributed by atoms with Gasteiger partial charge in [-0.2, -0.15) is 0 Å². The zero-order valence-electron chi connectivity index (χ0n) is 19.0. The van der Waals surface area contributed by atoms with Crippen molar-refractivity contribution in [2.24, 2.45) is 0 Å². The Kier molecular flexibility index (Phi) is 7.27. The van der Waals surface area contributed by atoms with Crippen molar-refractivity contribution in [1.29, 1.82) is 0 Å². The summed E-state index contributed by atoms with van der Waals surface area (Å²) in [7, 11) is 1.60. The van der Waals surface area contributed by atoms with Crippen LogP contribution in [0.25, 0.3) is 0 Å². The Bertz CT molecular complexity index is 754. The Morgan fingerprint density at radius 3 is 2.20 bits per heavy atom. The average molecular weight is 417 g/mol. The van der Waals surface area contributed by atoms with E-state index in [2.05, 4.69) is 0 Å². The van der Waals surface area contributed by atoms with Gasteiger partial charge in [-0.05, 0) is 58.2 Å². The largest absolute Gasteiger partial charge is 0.493 e. The highest BCUT2D eigenvalue weighted by Gasteiger charge is 2.44. The van der Waals surface area contributed by atoms with Crippen molar-refractivity contribution in [3.63, 3.8) is 0 Å². The molecule has 1 aromatic rings. The van der Waals surface area contributed by atoms with Crippen LogP contribution in [0.4, 0.5) is 0 Å². The molecule has 1 aliphatic carbocycles. The summed E-state index contributed by atoms with van der Waals surface area (Å²) in [5, 5.41) is 0. The van der Waals surface area contributed by atoms with Gasteiger partial charge in [0.15, 0.2) is 11.5 Å². The first kappa shape index (κ1) is 22.4. The van der Waals surface area contributed by atoms with E-state index in [1.807, 2.05) is 50.8 Å². The SMILES string of the molecule is COc1cc([C@H]2C(=O)N(C3CCCCCC3)CC(=O)N2C(C)C)ccc1OC(C)C. The van der Waals surface area contributed by atoms with E-state index < -0.39 is 6.04 Å². The van der Waals surface area contributed by atoms with E-state index in [9.17, 15) is 9.59 Å². The van der Waals surface area contributed by atoms with Gasteiger partial charge in [-0.25, -0.2) is 0 Å². The third-order valence-electron chi connectivity index (χ3n) is 6.08. The predicted octanol–water partition coefficient (Wildman–Crippen LogP) is 4.33. The second-order valence-corrected chi connectivity index (χ2v) is 8.99. The van der Waals surface area contributed by atoms with Crippen LogP contribution in [0.2, 0.25) is 0 Å². The van der Waals surface area contributed by atoms with E-state index in [4.69, 9.17) is 9.47 Å². The fourth-order valence-electron chi connectivity index (χ4n) is 4.70. The van der Waals surface area contributed by atoms with Crippen molar-refractivity contribution < 1.29 is 19.1 Å². The van der Waals surface area contributed by atoms with Crippen LogP contribution in [0.3, 0.4) is 0 Å². The lowest BCUT2D eigenvalue weighted by Gasteiger charge is -2.45. The predicted molar refractivity (Wildman–Crippen MR) is 117 cm³/mol. The molecule has 0 unspecified atom stereocenters. The number of benzene rings is 1. The van der Waals surface area contributed by atoms with Gasteiger partial charge in [0, 0.05) is 12.1 Å². The van der Waals surface area contributed by atoms with Gasteiger partial charge in [0.1, 0.15) is 12.6 Å². The summed E-state index contributed by atoms with van der Waals surface area (Å²) in [4.78, 5) is 30.4. The Morgan fingerprint density at radius 2 is 1.63 bits per heavy atom. The number of hydrogen-bond acceptors (Lipinski definition) is 4. The van der Waals surface area contributed by atoms with Crippen LogP contribution in [0.1, 0.15) is 77.8 Å². The van der Waals surface area contributed by atoms with Crippen molar-refractivity contribution >= 4 is 11.8 Å². The fraction of sp³-hybridized carbons (Fsp3) is 0.667. The van der Waals surface area contributed by atoms with Crippen LogP contribution in [0.15, 0.2) is 18.2 Å². The topological polar surface area (TPSA) is 59.1 Å². The lowest BCUT2D eigenvalue weighted by Crippen LogP contribution is -2.59. The van der Waals surface area contributed by atoms with Gasteiger partial charge in [-0.1, -0.05) is 31.7 Å². The number of ether oxygens (including phenoxy) is 2. The summed E-state index contributed by atoms with van der Waals surface area (Å²) in [5.41, 5.74) is 0.772. The van der Waals surface area contributed by atoms with Gasteiger partial charge in [-0.3, -0.25) is 9.59 Å². The summed E-state index contributed by atoms with van der Waals surface area (Å²) >= 11 is 0. The zero-order chi connectivity index (χ0) is 21.8. The summed E-state index contributed by atoms with van der Waals surface area (Å²) in [6, 6.07) is 5.04. The number of carbonyl (C=O) groups is 2. The second-order valence-electron chi connectivity index (χ2n) is 8.99. The number of methoxy groups -OCH3 is 1. The normalized spacial score (nSPS) is 21.4. The quantitative estimate of drug-likeness (QED) is 0.648. The molecule has 1 saturated carbocycles. The molecule has 2 amide bonds. The number of amides is 2. The van der Waals surface area contributed by atoms with E-state index in [1.165, 1.54) is 12.8 Å². The van der Waals surface area contributed by atoms with Crippen molar-refractivity contribution in [1.82, 2.24) is 9.80 Å². The first-order valence-electron chi connectivity index (χ1n) is 11.3. The number of carbonyl (C=O) groups excluding carboxylic acids is 2. The minimum atomic E-state index is -0.628.